The molecule has 2 aliphatic heterocycles. The first-order valence-electron chi connectivity index (χ1n) is 7.86. The molecule has 2 heterocycles. The van der Waals surface area contributed by atoms with E-state index < -0.39 is 0 Å². The zero-order chi connectivity index (χ0) is 14.4. The largest absolute Gasteiger partial charge is 0.384 e. The first-order chi connectivity index (χ1) is 9.72. The molecule has 0 aromatic rings. The maximum atomic E-state index is 5.26. The minimum Gasteiger partial charge on any atom is -0.384 e. The van der Waals surface area contributed by atoms with Crippen molar-refractivity contribution in [2.24, 2.45) is 16.8 Å². The molecular weight excluding hydrogens is 379 g/mol. The van der Waals surface area contributed by atoms with E-state index in [-0.39, 0.29) is 24.0 Å². The highest BCUT2D eigenvalue weighted by atomic mass is 127. The van der Waals surface area contributed by atoms with Crippen molar-refractivity contribution in [3.8, 4) is 0 Å². The monoisotopic (exact) mass is 410 g/mol. The fourth-order valence-corrected chi connectivity index (χ4v) is 3.23. The van der Waals surface area contributed by atoms with Crippen LogP contribution in [-0.4, -0.2) is 76.3 Å². The number of halogens is 1. The Morgan fingerprint density at radius 3 is 2.48 bits per heavy atom. The van der Waals surface area contributed by atoms with Gasteiger partial charge in [0.2, 0.25) is 0 Å². The molecule has 2 rings (SSSR count). The zero-order valence-electron chi connectivity index (χ0n) is 13.7. The molecule has 0 amide bonds. The zero-order valence-corrected chi connectivity index (χ0v) is 16.0. The number of piperidine rings is 1. The van der Waals surface area contributed by atoms with Crippen LogP contribution in [0.3, 0.4) is 0 Å². The third kappa shape index (κ3) is 5.90. The highest BCUT2D eigenvalue weighted by Crippen LogP contribution is 2.17. The Morgan fingerprint density at radius 1 is 1.19 bits per heavy atom. The molecule has 0 radical (unpaired) electrons. The molecule has 0 spiro atoms. The van der Waals surface area contributed by atoms with Crippen molar-refractivity contribution < 1.29 is 4.74 Å². The molecule has 0 bridgehead atoms. The van der Waals surface area contributed by atoms with Gasteiger partial charge in [-0.25, -0.2) is 0 Å². The van der Waals surface area contributed by atoms with Gasteiger partial charge in [0.25, 0.3) is 0 Å². The Kier molecular flexibility index (Phi) is 8.89. The number of nitrogens with zero attached hydrogens (tertiary/aromatic N) is 3. The van der Waals surface area contributed by atoms with Gasteiger partial charge in [-0.05, 0) is 45.3 Å². The van der Waals surface area contributed by atoms with Crippen LogP contribution in [0.15, 0.2) is 4.99 Å². The van der Waals surface area contributed by atoms with E-state index in [0.29, 0.717) is 5.92 Å². The Labute approximate surface area is 146 Å². The average molecular weight is 410 g/mol. The van der Waals surface area contributed by atoms with Gasteiger partial charge in [-0.15, -0.1) is 24.0 Å². The van der Waals surface area contributed by atoms with Crippen LogP contribution in [0.4, 0.5) is 0 Å². The number of ether oxygens (including phenoxy) is 1. The van der Waals surface area contributed by atoms with Gasteiger partial charge in [-0.2, -0.15) is 0 Å². The van der Waals surface area contributed by atoms with E-state index in [1.807, 2.05) is 7.05 Å². The third-order valence-corrected chi connectivity index (χ3v) is 4.59. The summed E-state index contributed by atoms with van der Waals surface area (Å²) in [5.41, 5.74) is 0. The predicted molar refractivity (Wildman–Crippen MR) is 98.6 cm³/mol. The van der Waals surface area contributed by atoms with Crippen LogP contribution in [0.5, 0.6) is 0 Å². The second-order valence-corrected chi connectivity index (χ2v) is 6.23. The molecule has 21 heavy (non-hydrogen) atoms. The molecule has 1 unspecified atom stereocenters. The molecule has 1 atom stereocenters. The van der Waals surface area contributed by atoms with Crippen molar-refractivity contribution in [3.63, 3.8) is 0 Å². The standard InChI is InChI=1S/C15H30N4O.HI/c1-16-15(19-9-6-14(11-19)12-20-3)17-10-13-4-7-18(2)8-5-13;/h13-14H,4-12H2,1-3H3,(H,16,17);1H. The van der Waals surface area contributed by atoms with Crippen LogP contribution >= 0.6 is 24.0 Å². The normalized spacial score (nSPS) is 25.0. The van der Waals surface area contributed by atoms with E-state index >= 15 is 0 Å². The van der Waals surface area contributed by atoms with E-state index in [4.69, 9.17) is 4.74 Å². The predicted octanol–water partition coefficient (Wildman–Crippen LogP) is 1.49. The summed E-state index contributed by atoms with van der Waals surface area (Å²) in [6.45, 7) is 6.55. The maximum absolute atomic E-state index is 5.26. The van der Waals surface area contributed by atoms with Crippen LogP contribution in [0, 0.1) is 11.8 Å². The summed E-state index contributed by atoms with van der Waals surface area (Å²) in [5, 5.41) is 3.58. The molecule has 1 N–H and O–H groups in total. The van der Waals surface area contributed by atoms with E-state index in [2.05, 4.69) is 27.2 Å². The van der Waals surface area contributed by atoms with Crippen LogP contribution in [0.25, 0.3) is 0 Å². The van der Waals surface area contributed by atoms with Crippen molar-refractivity contribution in [2.75, 3.05) is 60.5 Å². The van der Waals surface area contributed by atoms with Gasteiger partial charge in [-0.3, -0.25) is 4.99 Å². The highest BCUT2D eigenvalue weighted by Gasteiger charge is 2.25. The van der Waals surface area contributed by atoms with Gasteiger partial charge in [0.15, 0.2) is 5.96 Å². The smallest absolute Gasteiger partial charge is 0.193 e. The van der Waals surface area contributed by atoms with Gasteiger partial charge in [-0.1, -0.05) is 0 Å². The summed E-state index contributed by atoms with van der Waals surface area (Å²) in [7, 11) is 5.89. The van der Waals surface area contributed by atoms with Crippen molar-refractivity contribution in [3.05, 3.63) is 0 Å². The quantitative estimate of drug-likeness (QED) is 0.433. The third-order valence-electron chi connectivity index (χ3n) is 4.59. The fourth-order valence-electron chi connectivity index (χ4n) is 3.23. The first-order valence-corrected chi connectivity index (χ1v) is 7.86. The summed E-state index contributed by atoms with van der Waals surface area (Å²) in [5.74, 6) is 2.52. The average Bonchev–Trinajstić information content (AvgIpc) is 2.91. The second-order valence-electron chi connectivity index (χ2n) is 6.23. The number of likely N-dealkylation sites (tertiary alicyclic amines) is 2. The van der Waals surface area contributed by atoms with Gasteiger partial charge >= 0.3 is 0 Å². The molecule has 124 valence electrons. The summed E-state index contributed by atoms with van der Waals surface area (Å²) in [6.07, 6.45) is 3.81. The van der Waals surface area contributed by atoms with Gasteiger partial charge in [0.1, 0.15) is 0 Å². The lowest BCUT2D eigenvalue weighted by molar-refractivity contribution is 0.157. The summed E-state index contributed by atoms with van der Waals surface area (Å²) < 4.78 is 5.26. The number of aliphatic imine (C=N–C) groups is 1. The van der Waals surface area contributed by atoms with E-state index in [1.54, 1.807) is 7.11 Å². The van der Waals surface area contributed by atoms with Crippen LogP contribution in [-0.2, 0) is 4.74 Å². The van der Waals surface area contributed by atoms with Crippen LogP contribution in [0.2, 0.25) is 0 Å². The first kappa shape index (κ1) is 19.0. The van der Waals surface area contributed by atoms with Gasteiger partial charge in [0.05, 0.1) is 6.61 Å². The topological polar surface area (TPSA) is 40.1 Å². The Balaban J connectivity index is 0.00000220. The lowest BCUT2D eigenvalue weighted by atomic mass is 9.97. The Bertz CT molecular complexity index is 319. The number of guanidine groups is 1. The van der Waals surface area contributed by atoms with Crippen molar-refractivity contribution >= 4 is 29.9 Å². The number of nitrogens with one attached hydrogen (secondary N) is 1. The van der Waals surface area contributed by atoms with Crippen LogP contribution in [0.1, 0.15) is 19.3 Å². The fraction of sp³-hybridized carbons (Fsp3) is 0.933. The Hall–Kier alpha value is -0.0800. The molecular formula is C15H31IN4O. The summed E-state index contributed by atoms with van der Waals surface area (Å²) in [4.78, 5) is 9.24. The number of methoxy groups -OCH3 is 1. The van der Waals surface area contributed by atoms with Crippen molar-refractivity contribution in [1.29, 1.82) is 0 Å². The molecule has 0 saturated carbocycles. The lowest BCUT2D eigenvalue weighted by Gasteiger charge is -2.30. The summed E-state index contributed by atoms with van der Waals surface area (Å²) >= 11 is 0. The number of hydrogen-bond donors (Lipinski definition) is 1. The van der Waals surface area contributed by atoms with Crippen LogP contribution < -0.4 is 5.32 Å². The molecule has 2 saturated heterocycles. The SMILES string of the molecule is CN=C(NCC1CCN(C)CC1)N1CCC(COC)C1.I. The summed E-state index contributed by atoms with van der Waals surface area (Å²) in [6, 6.07) is 0. The van der Waals surface area contributed by atoms with Crippen molar-refractivity contribution in [1.82, 2.24) is 15.1 Å². The molecule has 0 aromatic carbocycles. The highest BCUT2D eigenvalue weighted by molar-refractivity contribution is 14.0. The minimum absolute atomic E-state index is 0. The molecule has 6 heteroatoms. The van der Waals surface area contributed by atoms with E-state index in [1.165, 1.54) is 32.4 Å². The molecule has 2 aliphatic rings. The lowest BCUT2D eigenvalue weighted by Crippen LogP contribution is -2.43. The molecule has 2 fully saturated rings. The van der Waals surface area contributed by atoms with E-state index in [9.17, 15) is 0 Å². The molecule has 0 aliphatic carbocycles. The molecule has 5 nitrogen and oxygen atoms in total. The number of hydrogen-bond acceptors (Lipinski definition) is 3. The van der Waals surface area contributed by atoms with Gasteiger partial charge in [0, 0.05) is 39.7 Å². The Morgan fingerprint density at radius 2 is 1.86 bits per heavy atom. The van der Waals surface area contributed by atoms with Gasteiger partial charge < -0.3 is 19.9 Å². The maximum Gasteiger partial charge on any atom is 0.193 e. The van der Waals surface area contributed by atoms with Crippen molar-refractivity contribution in [2.45, 2.75) is 19.3 Å². The van der Waals surface area contributed by atoms with E-state index in [0.717, 1.165) is 38.1 Å². The molecule has 0 aromatic heterocycles. The second kappa shape index (κ2) is 9.84. The minimum atomic E-state index is 0. The number of rotatable bonds is 4.